The Hall–Kier alpha value is -3.57. The van der Waals surface area contributed by atoms with Crippen molar-refractivity contribution < 1.29 is 23.8 Å². The van der Waals surface area contributed by atoms with Gasteiger partial charge in [-0.25, -0.2) is 4.79 Å². The second-order valence-corrected chi connectivity index (χ2v) is 7.97. The predicted molar refractivity (Wildman–Crippen MR) is 121 cm³/mol. The Labute approximate surface area is 193 Å². The number of alkyl carbamates (subject to hydrolysis) is 1. The highest BCUT2D eigenvalue weighted by Crippen LogP contribution is 2.34. The SMILES string of the molecule is COc1ccc(COCC(C#N)NC(=O)C(CC2CC2)OC(=O)NCc2ccccc2)cc1. The van der Waals surface area contributed by atoms with E-state index in [9.17, 15) is 14.9 Å². The molecule has 2 unspecified atom stereocenters. The van der Waals surface area contributed by atoms with Gasteiger partial charge in [0.05, 0.1) is 26.4 Å². The van der Waals surface area contributed by atoms with E-state index in [2.05, 4.69) is 10.6 Å². The summed E-state index contributed by atoms with van der Waals surface area (Å²) in [5.41, 5.74) is 1.85. The Balaban J connectivity index is 1.46. The van der Waals surface area contributed by atoms with Crippen molar-refractivity contribution in [1.29, 1.82) is 5.26 Å². The van der Waals surface area contributed by atoms with E-state index in [1.165, 1.54) is 0 Å². The van der Waals surface area contributed by atoms with Crippen molar-refractivity contribution in [2.24, 2.45) is 5.92 Å². The van der Waals surface area contributed by atoms with Crippen LogP contribution >= 0.6 is 0 Å². The molecule has 8 nitrogen and oxygen atoms in total. The summed E-state index contributed by atoms with van der Waals surface area (Å²) < 4.78 is 16.1. The van der Waals surface area contributed by atoms with Crippen LogP contribution in [0.15, 0.2) is 54.6 Å². The molecular weight excluding hydrogens is 422 g/mol. The highest BCUT2D eigenvalue weighted by atomic mass is 16.6. The van der Waals surface area contributed by atoms with Gasteiger partial charge in [-0.1, -0.05) is 55.3 Å². The van der Waals surface area contributed by atoms with E-state index in [1.807, 2.05) is 60.7 Å². The Bertz CT molecular complexity index is 939. The van der Waals surface area contributed by atoms with Gasteiger partial charge in [-0.05, 0) is 35.6 Å². The molecule has 2 atom stereocenters. The van der Waals surface area contributed by atoms with Crippen LogP contribution in [0.4, 0.5) is 4.79 Å². The van der Waals surface area contributed by atoms with Crippen molar-refractivity contribution in [1.82, 2.24) is 10.6 Å². The molecule has 0 aliphatic heterocycles. The van der Waals surface area contributed by atoms with Gasteiger partial charge >= 0.3 is 6.09 Å². The molecular formula is C25H29N3O5. The minimum absolute atomic E-state index is 0.0185. The fourth-order valence-electron chi connectivity index (χ4n) is 3.20. The molecule has 1 aliphatic carbocycles. The molecule has 0 spiro atoms. The van der Waals surface area contributed by atoms with Gasteiger partial charge in [-0.15, -0.1) is 0 Å². The molecule has 8 heteroatoms. The van der Waals surface area contributed by atoms with Gasteiger partial charge in [-0.2, -0.15) is 5.26 Å². The normalized spacial score (nSPS) is 14.4. The summed E-state index contributed by atoms with van der Waals surface area (Å²) >= 11 is 0. The number of hydrogen-bond donors (Lipinski definition) is 2. The first kappa shape index (κ1) is 24.1. The van der Waals surface area contributed by atoms with Gasteiger partial charge in [-0.3, -0.25) is 4.79 Å². The van der Waals surface area contributed by atoms with Crippen LogP contribution in [-0.2, 0) is 27.4 Å². The topological polar surface area (TPSA) is 110 Å². The Morgan fingerprint density at radius 1 is 1.09 bits per heavy atom. The monoisotopic (exact) mass is 451 g/mol. The van der Waals surface area contributed by atoms with Crippen molar-refractivity contribution >= 4 is 12.0 Å². The molecule has 1 fully saturated rings. The highest BCUT2D eigenvalue weighted by molar-refractivity contribution is 5.84. The third kappa shape index (κ3) is 8.47. The molecule has 174 valence electrons. The summed E-state index contributed by atoms with van der Waals surface area (Å²) in [6, 6.07) is 18.0. The van der Waals surface area contributed by atoms with Crippen LogP contribution in [0.2, 0.25) is 0 Å². The first-order valence-corrected chi connectivity index (χ1v) is 11.0. The summed E-state index contributed by atoms with van der Waals surface area (Å²) in [7, 11) is 1.60. The number of ether oxygens (including phenoxy) is 3. The van der Waals surface area contributed by atoms with Gasteiger partial charge < -0.3 is 24.8 Å². The van der Waals surface area contributed by atoms with E-state index >= 15 is 0 Å². The summed E-state index contributed by atoms with van der Waals surface area (Å²) in [6.07, 6.45) is 0.835. The van der Waals surface area contributed by atoms with Crippen LogP contribution in [0.1, 0.15) is 30.4 Å². The van der Waals surface area contributed by atoms with E-state index in [0.717, 1.165) is 29.7 Å². The Morgan fingerprint density at radius 2 is 1.82 bits per heavy atom. The first-order valence-electron chi connectivity index (χ1n) is 11.0. The lowest BCUT2D eigenvalue weighted by atomic mass is 10.1. The van der Waals surface area contributed by atoms with Crippen molar-refractivity contribution in [2.75, 3.05) is 13.7 Å². The zero-order valence-corrected chi connectivity index (χ0v) is 18.7. The average Bonchev–Trinajstić information content (AvgIpc) is 3.67. The van der Waals surface area contributed by atoms with E-state index < -0.39 is 24.1 Å². The number of carbonyl (C=O) groups is 2. The summed E-state index contributed by atoms with van der Waals surface area (Å²) in [4.78, 5) is 25.0. The van der Waals surface area contributed by atoms with Gasteiger partial charge in [0.1, 0.15) is 11.8 Å². The zero-order chi connectivity index (χ0) is 23.5. The van der Waals surface area contributed by atoms with Gasteiger partial charge in [0, 0.05) is 6.54 Å². The van der Waals surface area contributed by atoms with Crippen molar-refractivity contribution in [3.8, 4) is 11.8 Å². The minimum atomic E-state index is -0.953. The number of nitrogens with one attached hydrogen (secondary N) is 2. The molecule has 0 heterocycles. The maximum atomic E-state index is 12.8. The van der Waals surface area contributed by atoms with Crippen LogP contribution in [0.25, 0.3) is 0 Å². The molecule has 0 saturated heterocycles. The molecule has 2 aromatic carbocycles. The maximum Gasteiger partial charge on any atom is 0.408 e. The number of methoxy groups -OCH3 is 1. The summed E-state index contributed by atoms with van der Waals surface area (Å²) in [5.74, 6) is 0.612. The van der Waals surface area contributed by atoms with Crippen molar-refractivity contribution in [2.45, 2.75) is 44.6 Å². The minimum Gasteiger partial charge on any atom is -0.497 e. The fraction of sp³-hybridized carbons (Fsp3) is 0.400. The molecule has 0 aromatic heterocycles. The zero-order valence-electron chi connectivity index (χ0n) is 18.7. The number of rotatable bonds is 12. The molecule has 2 amide bonds. The summed E-state index contributed by atoms with van der Waals surface area (Å²) in [6.45, 7) is 0.615. The fourth-order valence-corrected chi connectivity index (χ4v) is 3.20. The average molecular weight is 452 g/mol. The van der Waals surface area contributed by atoms with Gasteiger partial charge in [0.25, 0.3) is 5.91 Å². The number of nitrogens with zero attached hydrogens (tertiary/aromatic N) is 1. The molecule has 2 aromatic rings. The number of benzene rings is 2. The van der Waals surface area contributed by atoms with E-state index in [0.29, 0.717) is 25.5 Å². The number of amides is 2. The molecule has 3 rings (SSSR count). The third-order valence-corrected chi connectivity index (χ3v) is 5.25. The van der Waals surface area contributed by atoms with Gasteiger partial charge in [0.2, 0.25) is 0 Å². The lowest BCUT2D eigenvalue weighted by Gasteiger charge is -2.20. The van der Waals surface area contributed by atoms with Crippen LogP contribution in [-0.4, -0.2) is 37.9 Å². The molecule has 1 aliphatic rings. The standard InChI is InChI=1S/C25H29N3O5/c1-31-22-11-9-20(10-12-22)16-32-17-21(14-26)28-24(29)23(13-18-7-8-18)33-25(30)27-15-19-5-3-2-4-6-19/h2-6,9-12,18,21,23H,7-8,13,15-17H2,1H3,(H,27,30)(H,28,29). The molecule has 33 heavy (non-hydrogen) atoms. The highest BCUT2D eigenvalue weighted by Gasteiger charge is 2.33. The smallest absolute Gasteiger partial charge is 0.408 e. The van der Waals surface area contributed by atoms with Gasteiger partial charge in [0.15, 0.2) is 6.10 Å². The first-order chi connectivity index (χ1) is 16.1. The number of carbonyl (C=O) groups excluding carboxylic acids is 2. The summed E-state index contributed by atoms with van der Waals surface area (Å²) in [5, 5.41) is 14.7. The van der Waals surface area contributed by atoms with Crippen LogP contribution in [0.3, 0.4) is 0 Å². The molecule has 0 radical (unpaired) electrons. The number of hydrogen-bond acceptors (Lipinski definition) is 6. The van der Waals surface area contributed by atoms with Crippen LogP contribution in [0.5, 0.6) is 5.75 Å². The molecule has 1 saturated carbocycles. The third-order valence-electron chi connectivity index (χ3n) is 5.25. The largest absolute Gasteiger partial charge is 0.497 e. The Morgan fingerprint density at radius 3 is 2.45 bits per heavy atom. The van der Waals surface area contributed by atoms with Crippen LogP contribution < -0.4 is 15.4 Å². The second kappa shape index (κ2) is 12.5. The quantitative estimate of drug-likeness (QED) is 0.512. The Kier molecular flexibility index (Phi) is 9.09. The van der Waals surface area contributed by atoms with E-state index in [1.54, 1.807) is 7.11 Å². The molecule has 2 N–H and O–H groups in total. The lowest BCUT2D eigenvalue weighted by Crippen LogP contribution is -2.45. The lowest BCUT2D eigenvalue weighted by molar-refractivity contribution is -0.130. The predicted octanol–water partition coefficient (Wildman–Crippen LogP) is 3.32. The molecule has 0 bridgehead atoms. The van der Waals surface area contributed by atoms with E-state index in [4.69, 9.17) is 14.2 Å². The van der Waals surface area contributed by atoms with E-state index in [-0.39, 0.29) is 6.61 Å². The maximum absolute atomic E-state index is 12.8. The van der Waals surface area contributed by atoms with Crippen molar-refractivity contribution in [3.63, 3.8) is 0 Å². The van der Waals surface area contributed by atoms with Crippen LogP contribution in [0, 0.1) is 17.2 Å². The second-order valence-electron chi connectivity index (χ2n) is 7.97. The van der Waals surface area contributed by atoms with Crippen molar-refractivity contribution in [3.05, 3.63) is 65.7 Å². The number of nitriles is 1.